The molecule has 0 bridgehead atoms. The zero-order chi connectivity index (χ0) is 24.3. The minimum atomic E-state index is -2.93. The third-order valence-electron chi connectivity index (χ3n) is 6.64. The van der Waals surface area contributed by atoms with E-state index in [0.29, 0.717) is 54.4 Å². The van der Waals surface area contributed by atoms with Gasteiger partial charge in [-0.3, -0.25) is 4.79 Å². The van der Waals surface area contributed by atoms with Crippen molar-refractivity contribution in [3.8, 4) is 0 Å². The lowest BCUT2D eigenvalue weighted by Crippen LogP contribution is -2.67. The Labute approximate surface area is 196 Å². The first-order chi connectivity index (χ1) is 16.9. The van der Waals surface area contributed by atoms with Crippen LogP contribution in [0.4, 0.5) is 19.0 Å². The summed E-state index contributed by atoms with van der Waals surface area (Å²) >= 11 is 0. The van der Waals surface area contributed by atoms with Crippen LogP contribution in [0.3, 0.4) is 0 Å². The van der Waals surface area contributed by atoms with Gasteiger partial charge in [-0.05, 0) is 13.0 Å². The van der Waals surface area contributed by atoms with Crippen LogP contribution in [0.15, 0.2) is 36.9 Å². The maximum absolute atomic E-state index is 14.7. The molecule has 2 aliphatic heterocycles. The summed E-state index contributed by atoms with van der Waals surface area (Å²) < 4.78 is 47.8. The normalized spacial score (nSPS) is 17.6. The molecule has 2 aliphatic rings. The van der Waals surface area contributed by atoms with Crippen molar-refractivity contribution in [2.75, 3.05) is 31.6 Å². The third kappa shape index (κ3) is 3.39. The first-order valence-electron chi connectivity index (χ1n) is 11.0. The summed E-state index contributed by atoms with van der Waals surface area (Å²) in [6.45, 7) is 4.16. The number of benzene rings is 1. The SMILES string of the molecule is C[C@@H](Nc1ncnc2c1cc(C(=O)N1CC3(COC3)C1)c1ncnn12)c1cccc(C(F)F)c1F. The first kappa shape index (κ1) is 21.7. The molecule has 9 nitrogen and oxygen atoms in total. The number of anilines is 1. The molecular weight excluding hydrogens is 463 g/mol. The smallest absolute Gasteiger partial charge is 0.266 e. The lowest BCUT2D eigenvalue weighted by molar-refractivity contribution is -0.176. The number of likely N-dealkylation sites (tertiary alicyclic amines) is 1. The van der Waals surface area contributed by atoms with Gasteiger partial charge in [0.05, 0.1) is 41.2 Å². The molecular formula is C23H20F3N7O2. The van der Waals surface area contributed by atoms with Gasteiger partial charge in [-0.1, -0.05) is 18.2 Å². The van der Waals surface area contributed by atoms with Gasteiger partial charge in [-0.2, -0.15) is 9.61 Å². The van der Waals surface area contributed by atoms with Gasteiger partial charge in [0.2, 0.25) is 0 Å². The van der Waals surface area contributed by atoms with E-state index in [1.54, 1.807) is 17.9 Å². The Bertz CT molecular complexity index is 1460. The average molecular weight is 483 g/mol. The topological polar surface area (TPSA) is 97.5 Å². The summed E-state index contributed by atoms with van der Waals surface area (Å²) in [4.78, 5) is 27.9. The number of alkyl halides is 2. The van der Waals surface area contributed by atoms with Gasteiger partial charge in [0.25, 0.3) is 12.3 Å². The number of rotatable bonds is 5. The summed E-state index contributed by atoms with van der Waals surface area (Å²) in [6.07, 6.45) is -0.281. The van der Waals surface area contributed by atoms with Gasteiger partial charge in [-0.25, -0.2) is 28.1 Å². The van der Waals surface area contributed by atoms with E-state index in [2.05, 4.69) is 25.4 Å². The molecule has 12 heteroatoms. The van der Waals surface area contributed by atoms with Crippen LogP contribution in [0, 0.1) is 11.2 Å². The van der Waals surface area contributed by atoms with E-state index in [9.17, 15) is 18.0 Å². The number of hydrogen-bond acceptors (Lipinski definition) is 7. The number of amides is 1. The van der Waals surface area contributed by atoms with Gasteiger partial charge in [-0.15, -0.1) is 0 Å². The van der Waals surface area contributed by atoms with E-state index in [4.69, 9.17) is 4.74 Å². The van der Waals surface area contributed by atoms with Crippen LogP contribution in [-0.4, -0.2) is 61.7 Å². The Morgan fingerprint density at radius 3 is 2.57 bits per heavy atom. The van der Waals surface area contributed by atoms with Crippen molar-refractivity contribution in [1.29, 1.82) is 0 Å². The van der Waals surface area contributed by atoms with Crippen LogP contribution in [0.1, 0.15) is 40.9 Å². The highest BCUT2D eigenvalue weighted by molar-refractivity contribution is 6.05. The Balaban J connectivity index is 1.38. The molecule has 1 atom stereocenters. The van der Waals surface area contributed by atoms with Crippen molar-refractivity contribution in [1.82, 2.24) is 29.5 Å². The second-order valence-electron chi connectivity index (χ2n) is 9.08. The van der Waals surface area contributed by atoms with Crippen LogP contribution >= 0.6 is 0 Å². The molecule has 0 radical (unpaired) electrons. The fourth-order valence-corrected chi connectivity index (χ4v) is 4.75. The Morgan fingerprint density at radius 2 is 1.86 bits per heavy atom. The van der Waals surface area contributed by atoms with Crippen molar-refractivity contribution in [3.63, 3.8) is 0 Å². The fourth-order valence-electron chi connectivity index (χ4n) is 4.75. The molecule has 2 fully saturated rings. The van der Waals surface area contributed by atoms with Crippen LogP contribution in [0.5, 0.6) is 0 Å². The number of nitrogens with one attached hydrogen (secondary N) is 1. The summed E-state index contributed by atoms with van der Waals surface area (Å²) in [5.74, 6) is -0.855. The fraction of sp³-hybridized carbons (Fsp3) is 0.348. The quantitative estimate of drug-likeness (QED) is 0.465. The molecule has 6 rings (SSSR count). The zero-order valence-electron chi connectivity index (χ0n) is 18.6. The predicted octanol–water partition coefficient (Wildman–Crippen LogP) is 3.39. The summed E-state index contributed by atoms with van der Waals surface area (Å²) in [5.41, 5.74) is 0.557. The second kappa shape index (κ2) is 7.87. The summed E-state index contributed by atoms with van der Waals surface area (Å²) in [6, 6.07) is 4.83. The van der Waals surface area contributed by atoms with Crippen LogP contribution < -0.4 is 5.32 Å². The van der Waals surface area contributed by atoms with Crippen molar-refractivity contribution >= 4 is 28.4 Å². The van der Waals surface area contributed by atoms with E-state index < -0.39 is 23.8 Å². The highest BCUT2D eigenvalue weighted by Crippen LogP contribution is 2.39. The molecule has 3 aromatic heterocycles. The Hall–Kier alpha value is -3.80. The largest absolute Gasteiger partial charge is 0.380 e. The molecule has 2 saturated heterocycles. The molecule has 0 saturated carbocycles. The van der Waals surface area contributed by atoms with Crippen molar-refractivity contribution < 1.29 is 22.7 Å². The molecule has 35 heavy (non-hydrogen) atoms. The first-order valence-corrected chi connectivity index (χ1v) is 11.0. The molecule has 4 aromatic rings. The second-order valence-corrected chi connectivity index (χ2v) is 9.08. The number of carbonyl (C=O) groups excluding carboxylic acids is 1. The number of hydrogen-bond donors (Lipinski definition) is 1. The zero-order valence-corrected chi connectivity index (χ0v) is 18.6. The van der Waals surface area contributed by atoms with Gasteiger partial charge in [0, 0.05) is 18.7 Å². The standard InChI is InChI=1S/C23H20F3N7O2/c1-12(13-3-2-4-14(17(13)24)18(25)26)31-19-15-5-16(22(34)32-6-23(7-32)8-35-9-23)21-29-11-30-33(21)20(15)28-10-27-19/h2-5,10-12,18H,6-9H2,1H3,(H,27,28,31)/t12-/m1/s1. The Morgan fingerprint density at radius 1 is 1.11 bits per heavy atom. The van der Waals surface area contributed by atoms with Gasteiger partial charge < -0.3 is 15.0 Å². The molecule has 1 spiro atoms. The van der Waals surface area contributed by atoms with Crippen LogP contribution in [-0.2, 0) is 4.74 Å². The van der Waals surface area contributed by atoms with Gasteiger partial charge in [0.1, 0.15) is 24.3 Å². The molecule has 1 N–H and O–H groups in total. The molecule has 180 valence electrons. The lowest BCUT2D eigenvalue weighted by atomic mass is 9.78. The van der Waals surface area contributed by atoms with E-state index in [1.165, 1.54) is 29.3 Å². The third-order valence-corrected chi connectivity index (χ3v) is 6.64. The van der Waals surface area contributed by atoms with Crippen molar-refractivity contribution in [2.45, 2.75) is 19.4 Å². The van der Waals surface area contributed by atoms with Gasteiger partial charge in [0.15, 0.2) is 11.3 Å². The number of pyridine rings is 1. The number of nitrogens with zero attached hydrogens (tertiary/aromatic N) is 6. The van der Waals surface area contributed by atoms with Crippen molar-refractivity contribution in [2.24, 2.45) is 5.41 Å². The van der Waals surface area contributed by atoms with Gasteiger partial charge >= 0.3 is 0 Å². The number of halogens is 3. The monoisotopic (exact) mass is 483 g/mol. The lowest BCUT2D eigenvalue weighted by Gasteiger charge is -2.54. The summed E-state index contributed by atoms with van der Waals surface area (Å²) in [5, 5.41) is 7.77. The molecule has 5 heterocycles. The van der Waals surface area contributed by atoms with Crippen LogP contribution in [0.2, 0.25) is 0 Å². The van der Waals surface area contributed by atoms with Crippen LogP contribution in [0.25, 0.3) is 16.7 Å². The number of carbonyl (C=O) groups is 1. The van der Waals surface area contributed by atoms with E-state index in [0.717, 1.165) is 6.07 Å². The number of fused-ring (bicyclic) bond motifs is 3. The average Bonchev–Trinajstić information content (AvgIpc) is 3.27. The minimum Gasteiger partial charge on any atom is -0.380 e. The predicted molar refractivity (Wildman–Crippen MR) is 119 cm³/mol. The molecule has 0 unspecified atom stereocenters. The molecule has 1 amide bonds. The van der Waals surface area contributed by atoms with Crippen molar-refractivity contribution in [3.05, 3.63) is 59.4 Å². The maximum atomic E-state index is 14.7. The summed E-state index contributed by atoms with van der Waals surface area (Å²) in [7, 11) is 0. The highest BCUT2D eigenvalue weighted by atomic mass is 19.3. The molecule has 0 aliphatic carbocycles. The number of ether oxygens (including phenoxy) is 1. The van der Waals surface area contributed by atoms with E-state index >= 15 is 0 Å². The molecule has 1 aromatic carbocycles. The highest BCUT2D eigenvalue weighted by Gasteiger charge is 2.51. The minimum absolute atomic E-state index is 0.0541. The maximum Gasteiger partial charge on any atom is 0.266 e. The van der Waals surface area contributed by atoms with E-state index in [1.807, 2.05) is 0 Å². The Kier molecular flexibility index (Phi) is 4.88. The van der Waals surface area contributed by atoms with E-state index in [-0.39, 0.29) is 16.9 Å². The number of aromatic nitrogens is 5.